The van der Waals surface area contributed by atoms with Crippen molar-refractivity contribution in [1.29, 1.82) is 0 Å². The lowest BCUT2D eigenvalue weighted by Gasteiger charge is -2.32. The van der Waals surface area contributed by atoms with E-state index in [1.165, 1.54) is 18.7 Å². The molecule has 0 aromatic heterocycles. The molecule has 0 amide bonds. The van der Waals surface area contributed by atoms with E-state index in [1.54, 1.807) is 24.3 Å². The highest BCUT2D eigenvalue weighted by Gasteiger charge is 2.52. The molecule has 31 heavy (non-hydrogen) atoms. The number of benzene rings is 2. The van der Waals surface area contributed by atoms with Crippen LogP contribution in [0.3, 0.4) is 0 Å². The van der Waals surface area contributed by atoms with E-state index in [1.807, 2.05) is 58.0 Å². The summed E-state index contributed by atoms with van der Waals surface area (Å²) in [6, 6.07) is 14.4. The van der Waals surface area contributed by atoms with Gasteiger partial charge in [-0.2, -0.15) is 0 Å². The monoisotopic (exact) mass is 437 g/mol. The van der Waals surface area contributed by atoms with Crippen molar-refractivity contribution >= 4 is 41.5 Å². The van der Waals surface area contributed by atoms with Gasteiger partial charge in [0.25, 0.3) is 0 Å². The molecule has 0 unspecified atom stereocenters. The molecule has 0 atom stereocenters. The summed E-state index contributed by atoms with van der Waals surface area (Å²) < 4.78 is 12.4. The number of carbonyl (C=O) groups is 2. The Balaban J connectivity index is 1.97. The largest absolute Gasteiger partial charge is 0.491 e. The van der Waals surface area contributed by atoms with Crippen molar-refractivity contribution in [2.45, 2.75) is 45.8 Å². The number of carbonyl (C=O) groups excluding carboxylic acids is 2. The van der Waals surface area contributed by atoms with Crippen molar-refractivity contribution < 1.29 is 18.9 Å². The lowest BCUT2D eigenvalue weighted by molar-refractivity contribution is -0.109. The fourth-order valence-corrected chi connectivity index (χ4v) is 3.77. The van der Waals surface area contributed by atoms with Gasteiger partial charge >= 0.3 is 7.12 Å². The average molecular weight is 437 g/mol. The van der Waals surface area contributed by atoms with Gasteiger partial charge in [0.2, 0.25) is 0 Å². The molecule has 2 aromatic carbocycles. The van der Waals surface area contributed by atoms with Crippen molar-refractivity contribution in [3.63, 3.8) is 0 Å². The van der Waals surface area contributed by atoms with Crippen LogP contribution in [-0.2, 0) is 14.1 Å². The zero-order chi connectivity index (χ0) is 22.8. The number of ketones is 1. The van der Waals surface area contributed by atoms with Crippen LogP contribution in [0.1, 0.15) is 56.1 Å². The molecule has 5 nitrogen and oxygen atoms in total. The lowest BCUT2D eigenvalue weighted by atomic mass is 9.78. The molecule has 1 saturated heterocycles. The van der Waals surface area contributed by atoms with Gasteiger partial charge in [0, 0.05) is 29.5 Å². The number of rotatable bonds is 6. The molecule has 1 heterocycles. The maximum atomic E-state index is 12.9. The molecule has 1 fully saturated rings. The number of hydrogen-bond donors (Lipinski definition) is 1. The third-order valence-corrected chi connectivity index (χ3v) is 6.59. The van der Waals surface area contributed by atoms with Crippen molar-refractivity contribution in [2.24, 2.45) is 0 Å². The van der Waals surface area contributed by atoms with Crippen LogP contribution < -0.4 is 5.73 Å². The molecule has 1 aliphatic heterocycles. The molecular formula is C24H28BNO4S. The first-order chi connectivity index (χ1) is 14.5. The van der Waals surface area contributed by atoms with Gasteiger partial charge in [-0.15, -0.1) is 0 Å². The van der Waals surface area contributed by atoms with E-state index in [2.05, 4.69) is 0 Å². The third-order valence-electron chi connectivity index (χ3n) is 5.71. The van der Waals surface area contributed by atoms with E-state index in [-0.39, 0.29) is 10.9 Å². The number of hydrogen-bond acceptors (Lipinski definition) is 6. The van der Waals surface area contributed by atoms with Gasteiger partial charge in [0.1, 0.15) is 0 Å². The topological polar surface area (TPSA) is 78.6 Å². The van der Waals surface area contributed by atoms with Crippen LogP contribution in [0, 0.1) is 0 Å². The minimum absolute atomic E-state index is 0.0136. The fraction of sp³-hybridized carbons (Fsp3) is 0.333. The highest BCUT2D eigenvalue weighted by Crippen LogP contribution is 2.39. The Hall–Kier alpha value is -2.35. The van der Waals surface area contributed by atoms with Gasteiger partial charge in [0.05, 0.1) is 11.2 Å². The van der Waals surface area contributed by atoms with Crippen LogP contribution in [0.4, 0.5) is 5.69 Å². The standard InChI is InChI=1S/C24H28BNO4S/c1-16(27)31-15-19(25-29-23(2,3)24(4,5)30-25)13-17-11-12-21(26)20(14-17)22(28)18-9-7-6-8-10-18/h6-14H,15,26H2,1-5H3. The fourth-order valence-electron chi connectivity index (χ4n) is 3.18. The predicted molar refractivity (Wildman–Crippen MR) is 128 cm³/mol. The van der Waals surface area contributed by atoms with E-state index in [0.29, 0.717) is 22.6 Å². The van der Waals surface area contributed by atoms with Gasteiger partial charge in [-0.1, -0.05) is 54.2 Å². The maximum Gasteiger partial charge on any atom is 0.491 e. The zero-order valence-electron chi connectivity index (χ0n) is 18.6. The summed E-state index contributed by atoms with van der Waals surface area (Å²) in [5, 5.41) is 0.0136. The van der Waals surface area contributed by atoms with Gasteiger partial charge in [-0.05, 0) is 50.9 Å². The molecular weight excluding hydrogens is 409 g/mol. The Morgan fingerprint density at radius 1 is 1.03 bits per heavy atom. The highest BCUT2D eigenvalue weighted by molar-refractivity contribution is 8.13. The molecule has 0 aliphatic carbocycles. The van der Waals surface area contributed by atoms with Crippen LogP contribution in [0.2, 0.25) is 0 Å². The van der Waals surface area contributed by atoms with Crippen LogP contribution in [0.5, 0.6) is 0 Å². The molecule has 0 spiro atoms. The normalized spacial score (nSPS) is 17.6. The number of nitrogens with two attached hydrogens (primary N) is 1. The van der Waals surface area contributed by atoms with Crippen molar-refractivity contribution in [2.75, 3.05) is 11.5 Å². The second kappa shape index (κ2) is 9.03. The van der Waals surface area contributed by atoms with E-state index < -0.39 is 18.3 Å². The van der Waals surface area contributed by atoms with Gasteiger partial charge < -0.3 is 15.0 Å². The van der Waals surface area contributed by atoms with Gasteiger partial charge in [0.15, 0.2) is 10.9 Å². The van der Waals surface area contributed by atoms with Crippen LogP contribution in [-0.4, -0.2) is 35.0 Å². The first-order valence-electron chi connectivity index (χ1n) is 10.2. The Morgan fingerprint density at radius 2 is 1.65 bits per heavy atom. The Bertz CT molecular complexity index is 1000. The second-order valence-corrected chi connectivity index (χ2v) is 9.78. The van der Waals surface area contributed by atoms with Crippen LogP contribution in [0.25, 0.3) is 6.08 Å². The first kappa shape index (κ1) is 23.3. The lowest BCUT2D eigenvalue weighted by Crippen LogP contribution is -2.41. The highest BCUT2D eigenvalue weighted by atomic mass is 32.2. The molecule has 2 aromatic rings. The first-order valence-corrected chi connectivity index (χ1v) is 11.2. The Kier molecular flexibility index (Phi) is 6.79. The summed E-state index contributed by atoms with van der Waals surface area (Å²) in [4.78, 5) is 24.6. The van der Waals surface area contributed by atoms with E-state index in [0.717, 1.165) is 11.0 Å². The number of anilines is 1. The van der Waals surface area contributed by atoms with Crippen molar-refractivity contribution in [3.8, 4) is 0 Å². The summed E-state index contributed by atoms with van der Waals surface area (Å²) in [7, 11) is -0.581. The van der Waals surface area contributed by atoms with Crippen molar-refractivity contribution in [3.05, 3.63) is 70.7 Å². The number of nitrogen functional groups attached to an aromatic ring is 1. The van der Waals surface area contributed by atoms with Gasteiger partial charge in [-0.25, -0.2) is 0 Å². The minimum Gasteiger partial charge on any atom is -0.400 e. The molecule has 0 radical (unpaired) electrons. The molecule has 1 aliphatic rings. The van der Waals surface area contributed by atoms with Crippen LogP contribution in [0.15, 0.2) is 54.0 Å². The Labute approximate surface area is 188 Å². The summed E-state index contributed by atoms with van der Waals surface area (Å²) in [6.45, 7) is 9.49. The molecule has 0 saturated carbocycles. The van der Waals surface area contributed by atoms with E-state index in [4.69, 9.17) is 15.0 Å². The molecule has 3 rings (SSSR count). The summed E-state index contributed by atoms with van der Waals surface area (Å²) in [5.74, 6) is 0.294. The van der Waals surface area contributed by atoms with Crippen LogP contribution >= 0.6 is 11.8 Å². The van der Waals surface area contributed by atoms with E-state index >= 15 is 0 Å². The number of thioether (sulfide) groups is 1. The third kappa shape index (κ3) is 5.29. The van der Waals surface area contributed by atoms with Crippen molar-refractivity contribution in [1.82, 2.24) is 0 Å². The average Bonchev–Trinajstić information content (AvgIpc) is 2.93. The summed E-state index contributed by atoms with van der Waals surface area (Å²) >= 11 is 1.20. The van der Waals surface area contributed by atoms with E-state index in [9.17, 15) is 9.59 Å². The predicted octanol–water partition coefficient (Wildman–Crippen LogP) is 4.79. The molecule has 162 valence electrons. The molecule has 2 N–H and O–H groups in total. The minimum atomic E-state index is -0.581. The second-order valence-electron chi connectivity index (χ2n) is 8.63. The smallest absolute Gasteiger partial charge is 0.400 e. The zero-order valence-corrected chi connectivity index (χ0v) is 19.4. The quantitative estimate of drug-likeness (QED) is 0.398. The summed E-state index contributed by atoms with van der Waals surface area (Å²) in [6.07, 6.45) is 1.92. The van der Waals surface area contributed by atoms with Gasteiger partial charge in [-0.3, -0.25) is 9.59 Å². The SMILES string of the molecule is CC(=O)SCC(=Cc1ccc(N)c(C(=O)c2ccccc2)c1)B1OC(C)(C)C(C)(C)O1. The molecule has 0 bridgehead atoms. The maximum absolute atomic E-state index is 12.9. The molecule has 7 heteroatoms. The Morgan fingerprint density at radius 3 is 2.23 bits per heavy atom. The summed E-state index contributed by atoms with van der Waals surface area (Å²) in [5.41, 5.74) is 8.17.